The molecular formula is C37H45N2O2+. The summed E-state index contributed by atoms with van der Waals surface area (Å²) in [6.07, 6.45) is 4.22. The molecule has 0 aromatic heterocycles. The maximum Gasteiger partial charge on any atom is 0.336 e. The van der Waals surface area contributed by atoms with Crippen molar-refractivity contribution in [2.75, 3.05) is 25.0 Å². The van der Waals surface area contributed by atoms with Gasteiger partial charge in [-0.25, -0.2) is 9.37 Å². The van der Waals surface area contributed by atoms with Gasteiger partial charge in [-0.15, -0.1) is 0 Å². The van der Waals surface area contributed by atoms with Gasteiger partial charge >= 0.3 is 5.97 Å². The normalized spacial score (nSPS) is 20.2. The maximum absolute atomic E-state index is 12.6. The van der Waals surface area contributed by atoms with Crippen LogP contribution in [0.5, 0.6) is 0 Å². The van der Waals surface area contributed by atoms with Crippen LogP contribution in [0.25, 0.3) is 5.57 Å². The lowest BCUT2D eigenvalue weighted by Gasteiger charge is -2.48. The topological polar surface area (TPSA) is 43.6 Å². The van der Waals surface area contributed by atoms with Crippen LogP contribution < -0.4 is 20.1 Å². The Labute approximate surface area is 245 Å². The lowest BCUT2D eigenvalue weighted by Crippen LogP contribution is -2.49. The van der Waals surface area contributed by atoms with Crippen molar-refractivity contribution in [2.24, 2.45) is 0 Å². The number of aryl methyl sites for hydroxylation is 1. The van der Waals surface area contributed by atoms with Crippen molar-refractivity contribution in [1.82, 2.24) is 4.58 Å². The highest BCUT2D eigenvalue weighted by Crippen LogP contribution is 2.50. The summed E-state index contributed by atoms with van der Waals surface area (Å²) in [5.41, 5.74) is 11.5. The molecule has 3 aromatic rings. The number of fused-ring (bicyclic) bond motifs is 5. The van der Waals surface area contributed by atoms with Crippen molar-refractivity contribution in [3.8, 4) is 0 Å². The molecule has 1 atom stereocenters. The van der Waals surface area contributed by atoms with Crippen LogP contribution in [0.3, 0.4) is 0 Å². The molecule has 4 nitrogen and oxygen atoms in total. The van der Waals surface area contributed by atoms with Gasteiger partial charge in [-0.1, -0.05) is 45.9 Å². The Morgan fingerprint density at radius 2 is 1.80 bits per heavy atom. The van der Waals surface area contributed by atoms with Crippen LogP contribution in [0.2, 0.25) is 0 Å². The Hall–Kier alpha value is -3.40. The molecule has 0 radical (unpaired) electrons. The van der Waals surface area contributed by atoms with Gasteiger partial charge in [0.15, 0.2) is 0 Å². The van der Waals surface area contributed by atoms with Crippen LogP contribution in [0.1, 0.15) is 117 Å². The van der Waals surface area contributed by atoms with Gasteiger partial charge in [0, 0.05) is 40.7 Å². The van der Waals surface area contributed by atoms with Crippen molar-refractivity contribution in [3.63, 3.8) is 0 Å². The quantitative estimate of drug-likeness (QED) is 0.405. The first-order chi connectivity index (χ1) is 19.4. The Bertz CT molecular complexity index is 1730. The highest BCUT2D eigenvalue weighted by molar-refractivity contribution is 5.98. The molecule has 1 aliphatic carbocycles. The number of benzene rings is 3. The maximum atomic E-state index is 12.6. The third-order valence-corrected chi connectivity index (χ3v) is 10.3. The van der Waals surface area contributed by atoms with Gasteiger partial charge in [0.2, 0.25) is 5.36 Å². The zero-order valence-electron chi connectivity index (χ0n) is 26.1. The predicted molar refractivity (Wildman–Crippen MR) is 169 cm³/mol. The largest absolute Gasteiger partial charge is 0.478 e. The van der Waals surface area contributed by atoms with Crippen LogP contribution in [-0.2, 0) is 18.3 Å². The van der Waals surface area contributed by atoms with E-state index >= 15 is 0 Å². The van der Waals surface area contributed by atoms with Crippen LogP contribution in [-0.4, -0.2) is 36.8 Å². The van der Waals surface area contributed by atoms with E-state index in [2.05, 4.69) is 83.2 Å². The lowest BCUT2D eigenvalue weighted by molar-refractivity contribution is 0.0696. The highest BCUT2D eigenvalue weighted by atomic mass is 16.4. The smallest absolute Gasteiger partial charge is 0.336 e. The van der Waals surface area contributed by atoms with Gasteiger partial charge < -0.3 is 10.0 Å². The average molecular weight is 550 g/mol. The van der Waals surface area contributed by atoms with E-state index in [9.17, 15) is 9.90 Å². The van der Waals surface area contributed by atoms with Crippen molar-refractivity contribution in [1.29, 1.82) is 0 Å². The summed E-state index contributed by atoms with van der Waals surface area (Å²) < 4.78 is 2.45. The molecule has 6 rings (SSSR count). The molecule has 41 heavy (non-hydrogen) atoms. The van der Waals surface area contributed by atoms with Crippen LogP contribution in [0.15, 0.2) is 42.5 Å². The first kappa shape index (κ1) is 27.8. The third kappa shape index (κ3) is 4.00. The fourth-order valence-corrected chi connectivity index (χ4v) is 8.60. The minimum Gasteiger partial charge on any atom is -0.478 e. The van der Waals surface area contributed by atoms with Gasteiger partial charge in [0.1, 0.15) is 13.6 Å². The monoisotopic (exact) mass is 549 g/mol. The van der Waals surface area contributed by atoms with E-state index in [0.29, 0.717) is 11.5 Å². The Morgan fingerprint density at radius 3 is 2.49 bits per heavy atom. The van der Waals surface area contributed by atoms with Gasteiger partial charge in [0.05, 0.1) is 5.56 Å². The van der Waals surface area contributed by atoms with Crippen LogP contribution >= 0.6 is 0 Å². The molecule has 0 saturated carbocycles. The SMILES string of the molecule is CCc1cc2c(c3c1=[N+](C)CCC3)C(C)(C)c1cc3c(cc1C=2c1ccccc1C(=O)O)C(C)CC(C)(C)N3CC. The number of carbonyl (C=O) groups is 1. The number of hydrogen-bond donors (Lipinski definition) is 1. The summed E-state index contributed by atoms with van der Waals surface area (Å²) in [4.78, 5) is 15.2. The van der Waals surface area contributed by atoms with Gasteiger partial charge in [-0.05, 0) is 109 Å². The summed E-state index contributed by atoms with van der Waals surface area (Å²) in [6.45, 7) is 18.4. The van der Waals surface area contributed by atoms with Gasteiger partial charge in [-0.2, -0.15) is 0 Å². The first-order valence-corrected chi connectivity index (χ1v) is 15.5. The van der Waals surface area contributed by atoms with Crippen LogP contribution in [0.4, 0.5) is 5.69 Å². The fourth-order valence-electron chi connectivity index (χ4n) is 8.60. The Morgan fingerprint density at radius 1 is 1.07 bits per heavy atom. The molecule has 1 unspecified atom stereocenters. The molecule has 214 valence electrons. The molecule has 3 aliphatic rings. The highest BCUT2D eigenvalue weighted by Gasteiger charge is 2.42. The second-order valence-corrected chi connectivity index (χ2v) is 13.6. The molecule has 0 fully saturated rings. The standard InChI is InChI=1S/C37H44N2O2/c1-9-23-18-29-32(24-14-11-12-15-25(24)35(40)41)28-19-27-22(3)21-36(4,5)39(10-2)31(27)20-30(28)37(6,7)33(29)26-16-13-17-38(8)34(23)26/h11-12,14-15,18-20,22H,9-10,13,16-17,21H2,1-8H3/p+1. The zero-order valence-corrected chi connectivity index (χ0v) is 26.1. The van der Waals surface area contributed by atoms with E-state index < -0.39 is 5.97 Å². The molecule has 0 bridgehead atoms. The van der Waals surface area contributed by atoms with Crippen molar-refractivity contribution < 1.29 is 9.90 Å². The summed E-state index contributed by atoms with van der Waals surface area (Å²) >= 11 is 0. The van der Waals surface area contributed by atoms with E-state index in [4.69, 9.17) is 0 Å². The fraction of sp³-hybridized carbons (Fsp3) is 0.459. The molecule has 4 heteroatoms. The van der Waals surface area contributed by atoms with Gasteiger partial charge in [-0.3, -0.25) is 0 Å². The van der Waals surface area contributed by atoms with Gasteiger partial charge in [0.25, 0.3) is 0 Å². The van der Waals surface area contributed by atoms with Crippen molar-refractivity contribution in [2.45, 2.75) is 91.0 Å². The van der Waals surface area contributed by atoms with E-state index in [1.807, 2.05) is 18.2 Å². The average Bonchev–Trinajstić information content (AvgIpc) is 2.92. The lowest BCUT2D eigenvalue weighted by atomic mass is 9.65. The second kappa shape index (κ2) is 9.58. The number of nitrogens with zero attached hydrogens (tertiary/aromatic N) is 2. The molecule has 2 aliphatic heterocycles. The van der Waals surface area contributed by atoms with E-state index in [0.717, 1.165) is 49.9 Å². The molecule has 2 heterocycles. The van der Waals surface area contributed by atoms with E-state index in [1.54, 1.807) is 6.07 Å². The van der Waals surface area contributed by atoms with E-state index in [-0.39, 0.29) is 11.0 Å². The molecular weight excluding hydrogens is 504 g/mol. The van der Waals surface area contributed by atoms with Crippen molar-refractivity contribution >= 4 is 17.2 Å². The molecule has 1 N–H and O–H groups in total. The number of hydrogen-bond acceptors (Lipinski definition) is 2. The molecule has 0 saturated heterocycles. The minimum absolute atomic E-state index is 0.0759. The Kier molecular flexibility index (Phi) is 6.48. The predicted octanol–water partition coefficient (Wildman–Crippen LogP) is 6.01. The van der Waals surface area contributed by atoms with Crippen LogP contribution in [0, 0.1) is 0 Å². The number of carboxylic acids is 1. The molecule has 0 spiro atoms. The summed E-state index contributed by atoms with van der Waals surface area (Å²) in [6, 6.07) is 14.9. The number of aromatic carboxylic acids is 1. The summed E-state index contributed by atoms with van der Waals surface area (Å²) in [5.74, 6) is -0.461. The number of anilines is 1. The Balaban J connectivity index is 1.85. The minimum atomic E-state index is -0.875. The number of carboxylic acid groups (broad SMARTS) is 1. The summed E-state index contributed by atoms with van der Waals surface area (Å²) in [7, 11) is 2.23. The molecule has 0 amide bonds. The zero-order chi connectivity index (χ0) is 29.4. The van der Waals surface area contributed by atoms with Crippen molar-refractivity contribution in [3.05, 3.63) is 97.5 Å². The van der Waals surface area contributed by atoms with E-state index in [1.165, 1.54) is 49.6 Å². The molecule has 3 aromatic carbocycles. The first-order valence-electron chi connectivity index (χ1n) is 15.5. The number of rotatable bonds is 4. The second-order valence-electron chi connectivity index (χ2n) is 13.6. The third-order valence-electron chi connectivity index (χ3n) is 10.3. The summed E-state index contributed by atoms with van der Waals surface area (Å²) in [5, 5.41) is 13.0.